The third-order valence-electron chi connectivity index (χ3n) is 3.15. The molecule has 0 aliphatic rings. The van der Waals surface area contributed by atoms with Crippen molar-refractivity contribution in [1.82, 2.24) is 4.72 Å². The van der Waals surface area contributed by atoms with Gasteiger partial charge in [-0.15, -0.1) is 0 Å². The standard InChI is InChI=1S/C17H19NO5S2/c19-17(20)12-23-15-8-6-14(7-9-15)13-24-11-10-18-25(21,22)16-4-2-1-3-5-16/h1-9,18H,10-13H2,(H,19,20). The Morgan fingerprint density at radius 1 is 1.08 bits per heavy atom. The van der Waals surface area contributed by atoms with Crippen LogP contribution in [0, 0.1) is 0 Å². The third-order valence-corrected chi connectivity index (χ3v) is 5.65. The molecule has 0 aromatic heterocycles. The fourth-order valence-electron chi connectivity index (χ4n) is 1.95. The van der Waals surface area contributed by atoms with Gasteiger partial charge in [0.25, 0.3) is 0 Å². The van der Waals surface area contributed by atoms with E-state index in [1.54, 1.807) is 54.2 Å². The molecule has 25 heavy (non-hydrogen) atoms. The number of rotatable bonds is 10. The third kappa shape index (κ3) is 6.77. The van der Waals surface area contributed by atoms with E-state index >= 15 is 0 Å². The highest BCUT2D eigenvalue weighted by atomic mass is 32.2. The van der Waals surface area contributed by atoms with E-state index in [0.29, 0.717) is 18.0 Å². The SMILES string of the molecule is O=C(O)COc1ccc(CSCCNS(=O)(=O)c2ccccc2)cc1. The topological polar surface area (TPSA) is 92.7 Å². The lowest BCUT2D eigenvalue weighted by molar-refractivity contribution is -0.139. The normalized spacial score (nSPS) is 11.2. The van der Waals surface area contributed by atoms with E-state index in [2.05, 4.69) is 4.72 Å². The highest BCUT2D eigenvalue weighted by Crippen LogP contribution is 2.17. The molecule has 2 rings (SSSR count). The van der Waals surface area contributed by atoms with Crippen LogP contribution >= 0.6 is 11.8 Å². The Morgan fingerprint density at radius 3 is 2.40 bits per heavy atom. The van der Waals surface area contributed by atoms with E-state index in [0.717, 1.165) is 11.3 Å². The molecule has 2 aromatic carbocycles. The van der Waals surface area contributed by atoms with E-state index in [4.69, 9.17) is 9.84 Å². The van der Waals surface area contributed by atoms with Crippen molar-refractivity contribution < 1.29 is 23.1 Å². The van der Waals surface area contributed by atoms with E-state index in [9.17, 15) is 13.2 Å². The molecule has 8 heteroatoms. The molecule has 0 amide bonds. The summed E-state index contributed by atoms with van der Waals surface area (Å²) in [6.45, 7) is -0.0165. The first kappa shape index (κ1) is 19.3. The minimum atomic E-state index is -3.45. The molecule has 0 heterocycles. The average Bonchev–Trinajstić information content (AvgIpc) is 2.61. The number of hydrogen-bond donors (Lipinski definition) is 2. The van der Waals surface area contributed by atoms with Crippen LogP contribution in [0.15, 0.2) is 59.5 Å². The van der Waals surface area contributed by atoms with Crippen molar-refractivity contribution in [2.75, 3.05) is 18.9 Å². The van der Waals surface area contributed by atoms with Crippen molar-refractivity contribution in [2.45, 2.75) is 10.6 Å². The Labute approximate surface area is 151 Å². The number of carboxylic acid groups (broad SMARTS) is 1. The highest BCUT2D eigenvalue weighted by Gasteiger charge is 2.11. The van der Waals surface area contributed by atoms with Crippen LogP contribution in [0.25, 0.3) is 0 Å². The summed E-state index contributed by atoms with van der Waals surface area (Å²) in [5, 5.41) is 8.55. The van der Waals surface area contributed by atoms with Crippen LogP contribution < -0.4 is 9.46 Å². The fraction of sp³-hybridized carbons (Fsp3) is 0.235. The first-order chi connectivity index (χ1) is 12.0. The maximum Gasteiger partial charge on any atom is 0.341 e. The number of sulfonamides is 1. The largest absolute Gasteiger partial charge is 0.482 e. The van der Waals surface area contributed by atoms with Gasteiger partial charge in [0.2, 0.25) is 10.0 Å². The first-order valence-electron chi connectivity index (χ1n) is 7.53. The number of benzene rings is 2. The summed E-state index contributed by atoms with van der Waals surface area (Å²) in [5.41, 5.74) is 1.05. The minimum Gasteiger partial charge on any atom is -0.482 e. The summed E-state index contributed by atoms with van der Waals surface area (Å²) in [6.07, 6.45) is 0. The van der Waals surface area contributed by atoms with Gasteiger partial charge in [-0.1, -0.05) is 30.3 Å². The predicted molar refractivity (Wildman–Crippen MR) is 97.4 cm³/mol. The summed E-state index contributed by atoms with van der Waals surface area (Å²) in [7, 11) is -3.45. The number of aliphatic carboxylic acids is 1. The van der Waals surface area contributed by atoms with Crippen molar-refractivity contribution in [3.05, 3.63) is 60.2 Å². The smallest absolute Gasteiger partial charge is 0.341 e. The molecule has 6 nitrogen and oxygen atoms in total. The molecule has 2 aromatic rings. The van der Waals surface area contributed by atoms with E-state index in [1.807, 2.05) is 12.1 Å². The van der Waals surface area contributed by atoms with Crippen LogP contribution in [0.4, 0.5) is 0 Å². The van der Waals surface area contributed by atoms with Crippen LogP contribution in [0.2, 0.25) is 0 Å². The molecule has 0 aliphatic carbocycles. The second-order valence-electron chi connectivity index (χ2n) is 5.09. The Balaban J connectivity index is 1.70. The number of thioether (sulfide) groups is 1. The monoisotopic (exact) mass is 381 g/mol. The number of carboxylic acids is 1. The zero-order valence-corrected chi connectivity index (χ0v) is 15.1. The highest BCUT2D eigenvalue weighted by molar-refractivity contribution is 7.98. The molecule has 0 aliphatic heterocycles. The summed E-state index contributed by atoms with van der Waals surface area (Å²) in [4.78, 5) is 10.7. The summed E-state index contributed by atoms with van der Waals surface area (Å²) in [6, 6.07) is 15.4. The van der Waals surface area contributed by atoms with Gasteiger partial charge >= 0.3 is 5.97 Å². The molecule has 0 spiro atoms. The van der Waals surface area contributed by atoms with Crippen LogP contribution in [0.1, 0.15) is 5.56 Å². The van der Waals surface area contributed by atoms with Gasteiger partial charge in [0.05, 0.1) is 4.90 Å². The predicted octanol–water partition coefficient (Wildman–Crippen LogP) is 2.36. The zero-order valence-electron chi connectivity index (χ0n) is 13.4. The van der Waals surface area contributed by atoms with Crippen molar-refractivity contribution in [3.63, 3.8) is 0 Å². The Kier molecular flexibility index (Phi) is 7.30. The van der Waals surface area contributed by atoms with Crippen LogP contribution in [0.5, 0.6) is 5.75 Å². The first-order valence-corrected chi connectivity index (χ1v) is 10.2. The Hall–Kier alpha value is -2.03. The molecule has 0 fully saturated rings. The van der Waals surface area contributed by atoms with Gasteiger partial charge in [0.1, 0.15) is 5.75 Å². The maximum atomic E-state index is 12.0. The van der Waals surface area contributed by atoms with Crippen molar-refractivity contribution >= 4 is 27.8 Å². The quantitative estimate of drug-likeness (QED) is 0.614. The van der Waals surface area contributed by atoms with Gasteiger partial charge in [0.15, 0.2) is 6.61 Å². The van der Waals surface area contributed by atoms with Crippen LogP contribution in [0.3, 0.4) is 0 Å². The van der Waals surface area contributed by atoms with Crippen molar-refractivity contribution in [1.29, 1.82) is 0 Å². The zero-order chi connectivity index (χ0) is 18.1. The van der Waals surface area contributed by atoms with Gasteiger partial charge in [-0.2, -0.15) is 11.8 Å². The molecule has 0 bridgehead atoms. The second kappa shape index (κ2) is 9.45. The Bertz CT molecular complexity index is 776. The van der Waals surface area contributed by atoms with E-state index in [-0.39, 0.29) is 11.5 Å². The van der Waals surface area contributed by atoms with E-state index in [1.165, 1.54) is 0 Å². The van der Waals surface area contributed by atoms with Crippen LogP contribution in [-0.4, -0.2) is 38.4 Å². The molecule has 2 N–H and O–H groups in total. The number of hydrogen-bond acceptors (Lipinski definition) is 5. The molecule has 0 saturated carbocycles. The molecule has 0 atom stereocenters. The second-order valence-corrected chi connectivity index (χ2v) is 7.96. The lowest BCUT2D eigenvalue weighted by Crippen LogP contribution is -2.26. The van der Waals surface area contributed by atoms with Gasteiger partial charge in [-0.3, -0.25) is 0 Å². The number of carbonyl (C=O) groups is 1. The Morgan fingerprint density at radius 2 is 1.76 bits per heavy atom. The number of ether oxygens (including phenoxy) is 1. The fourth-order valence-corrected chi connectivity index (χ4v) is 3.95. The minimum absolute atomic E-state index is 0.261. The van der Waals surface area contributed by atoms with Crippen molar-refractivity contribution in [2.24, 2.45) is 0 Å². The molecule has 0 unspecified atom stereocenters. The lowest BCUT2D eigenvalue weighted by Gasteiger charge is -2.07. The summed E-state index contributed by atoms with van der Waals surface area (Å²) >= 11 is 1.60. The summed E-state index contributed by atoms with van der Waals surface area (Å²) < 4.78 is 31.7. The summed E-state index contributed by atoms with van der Waals surface area (Å²) in [5.74, 6) is 0.861. The molecular weight excluding hydrogens is 362 g/mol. The maximum absolute atomic E-state index is 12.0. The number of nitrogens with one attached hydrogen (secondary N) is 1. The lowest BCUT2D eigenvalue weighted by atomic mass is 10.2. The van der Waals surface area contributed by atoms with Crippen molar-refractivity contribution in [3.8, 4) is 5.75 Å². The molecule has 134 valence electrons. The van der Waals surface area contributed by atoms with Gasteiger partial charge in [-0.25, -0.2) is 17.9 Å². The molecule has 0 saturated heterocycles. The average molecular weight is 381 g/mol. The van der Waals surface area contributed by atoms with Crippen LogP contribution in [-0.2, 0) is 20.6 Å². The molecule has 0 radical (unpaired) electrons. The molecular formula is C17H19NO5S2. The van der Waals surface area contributed by atoms with Gasteiger partial charge in [-0.05, 0) is 29.8 Å². The van der Waals surface area contributed by atoms with E-state index < -0.39 is 16.0 Å². The van der Waals surface area contributed by atoms with Gasteiger partial charge < -0.3 is 9.84 Å². The van der Waals surface area contributed by atoms with Gasteiger partial charge in [0, 0.05) is 18.1 Å².